The third-order valence-electron chi connectivity index (χ3n) is 8.14. The number of hydrogen-bond donors (Lipinski definition) is 2. The van der Waals surface area contributed by atoms with Crippen LogP contribution in [0.1, 0.15) is 65.7 Å². The van der Waals surface area contributed by atoms with Gasteiger partial charge in [-0.2, -0.15) is 0 Å². The van der Waals surface area contributed by atoms with Crippen LogP contribution < -0.4 is 5.32 Å². The van der Waals surface area contributed by atoms with Gasteiger partial charge < -0.3 is 15.3 Å². The molecule has 1 amide bonds. The fourth-order valence-corrected chi connectivity index (χ4v) is 5.76. The number of aromatic nitrogens is 1. The molecule has 2 heterocycles. The van der Waals surface area contributed by atoms with Gasteiger partial charge in [0.1, 0.15) is 11.4 Å². The maximum absolute atomic E-state index is 13.2. The van der Waals surface area contributed by atoms with Crippen LogP contribution in [0.15, 0.2) is 60.8 Å². The van der Waals surface area contributed by atoms with E-state index in [9.17, 15) is 19.1 Å². The molecule has 7 heteroatoms. The summed E-state index contributed by atoms with van der Waals surface area (Å²) in [6, 6.07) is 15.1. The first kappa shape index (κ1) is 25.5. The van der Waals surface area contributed by atoms with Crippen molar-refractivity contribution in [3.05, 3.63) is 77.7 Å². The third-order valence-corrected chi connectivity index (χ3v) is 8.14. The summed E-state index contributed by atoms with van der Waals surface area (Å²) in [4.78, 5) is 32.4. The van der Waals surface area contributed by atoms with E-state index in [4.69, 9.17) is 0 Å². The number of pyridine rings is 1. The van der Waals surface area contributed by atoms with E-state index in [0.717, 1.165) is 49.6 Å². The van der Waals surface area contributed by atoms with Crippen LogP contribution in [0.2, 0.25) is 0 Å². The molecular weight excluding hydrogens is 469 g/mol. The van der Waals surface area contributed by atoms with Gasteiger partial charge in [0, 0.05) is 36.3 Å². The lowest BCUT2D eigenvalue weighted by Crippen LogP contribution is -2.49. The number of aliphatic hydroxyl groups is 1. The summed E-state index contributed by atoms with van der Waals surface area (Å²) >= 11 is 0. The summed E-state index contributed by atoms with van der Waals surface area (Å²) < 4.78 is 13.2. The highest BCUT2D eigenvalue weighted by Gasteiger charge is 2.39. The first-order chi connectivity index (χ1) is 17.9. The molecule has 1 saturated heterocycles. The molecule has 37 heavy (non-hydrogen) atoms. The fraction of sp³-hybridized carbons (Fsp3) is 0.433. The molecule has 0 spiro atoms. The monoisotopic (exact) mass is 503 g/mol. The number of para-hydroxylation sites is 1. The molecule has 2 fully saturated rings. The Bertz CT molecular complexity index is 1240. The van der Waals surface area contributed by atoms with Gasteiger partial charge in [0.25, 0.3) is 5.91 Å². The Labute approximate surface area is 216 Å². The minimum absolute atomic E-state index is 0.0296. The van der Waals surface area contributed by atoms with Gasteiger partial charge in [-0.25, -0.2) is 4.39 Å². The third kappa shape index (κ3) is 5.89. The maximum Gasteiger partial charge on any atom is 0.252 e. The molecule has 2 N–H and O–H groups in total. The highest BCUT2D eigenvalue weighted by atomic mass is 19.1. The number of carbonyl (C=O) groups excluding carboxylic acids is 2. The van der Waals surface area contributed by atoms with Crippen LogP contribution in [0.3, 0.4) is 0 Å². The average molecular weight is 504 g/mol. The van der Waals surface area contributed by atoms with Crippen LogP contribution in [-0.2, 0) is 0 Å². The Kier molecular flexibility index (Phi) is 7.63. The van der Waals surface area contributed by atoms with Gasteiger partial charge in [0.2, 0.25) is 0 Å². The molecule has 1 aliphatic heterocycles. The molecule has 0 radical (unpaired) electrons. The van der Waals surface area contributed by atoms with Gasteiger partial charge in [-0.1, -0.05) is 18.2 Å². The summed E-state index contributed by atoms with van der Waals surface area (Å²) in [6.45, 7) is 2.30. The van der Waals surface area contributed by atoms with Gasteiger partial charge in [0.15, 0.2) is 5.78 Å². The number of nitrogens with zero attached hydrogens (tertiary/aromatic N) is 2. The zero-order chi connectivity index (χ0) is 25.8. The number of benzene rings is 2. The molecule has 194 valence electrons. The van der Waals surface area contributed by atoms with E-state index >= 15 is 0 Å². The number of rotatable bonds is 7. The second kappa shape index (κ2) is 11.1. The van der Waals surface area contributed by atoms with Crippen molar-refractivity contribution < 1.29 is 19.1 Å². The van der Waals surface area contributed by atoms with E-state index in [0.29, 0.717) is 43.0 Å². The van der Waals surface area contributed by atoms with E-state index in [1.807, 2.05) is 24.3 Å². The molecule has 3 aromatic rings. The Hall–Kier alpha value is -3.16. The average Bonchev–Trinajstić information content (AvgIpc) is 2.93. The number of halogens is 1. The largest absolute Gasteiger partial charge is 0.382 e. The number of fused-ring (bicyclic) bond motifs is 1. The smallest absolute Gasteiger partial charge is 0.252 e. The van der Waals surface area contributed by atoms with Gasteiger partial charge >= 0.3 is 0 Å². The van der Waals surface area contributed by atoms with Gasteiger partial charge in [-0.3, -0.25) is 14.6 Å². The minimum atomic E-state index is -1.37. The summed E-state index contributed by atoms with van der Waals surface area (Å²) in [7, 11) is 0. The molecule has 1 aromatic heterocycles. The number of nitrogens with one attached hydrogen (secondary N) is 1. The van der Waals surface area contributed by atoms with Crippen LogP contribution in [-0.4, -0.2) is 58.0 Å². The fourth-order valence-electron chi connectivity index (χ4n) is 5.76. The molecule has 6 nitrogen and oxygen atoms in total. The quantitative estimate of drug-likeness (QED) is 0.454. The van der Waals surface area contributed by atoms with Crippen molar-refractivity contribution in [2.24, 2.45) is 5.92 Å². The second-order valence-electron chi connectivity index (χ2n) is 10.6. The van der Waals surface area contributed by atoms with Crippen molar-refractivity contribution in [2.75, 3.05) is 19.6 Å². The van der Waals surface area contributed by atoms with Crippen LogP contribution in [0.5, 0.6) is 0 Å². The molecule has 0 unspecified atom stereocenters. The molecule has 5 rings (SSSR count). The zero-order valence-corrected chi connectivity index (χ0v) is 21.0. The van der Waals surface area contributed by atoms with Crippen molar-refractivity contribution >= 4 is 22.6 Å². The van der Waals surface area contributed by atoms with Crippen molar-refractivity contribution in [3.63, 3.8) is 0 Å². The molecule has 0 atom stereocenters. The Morgan fingerprint density at radius 1 is 1.00 bits per heavy atom. The van der Waals surface area contributed by atoms with Crippen LogP contribution in [0.4, 0.5) is 4.39 Å². The number of likely N-dealkylation sites (tertiary alicyclic amines) is 1. The summed E-state index contributed by atoms with van der Waals surface area (Å²) in [5, 5.41) is 15.0. The predicted octanol–water partition coefficient (Wildman–Crippen LogP) is 4.76. The van der Waals surface area contributed by atoms with Crippen molar-refractivity contribution in [3.8, 4) is 0 Å². The van der Waals surface area contributed by atoms with Crippen molar-refractivity contribution in [1.29, 1.82) is 0 Å². The Morgan fingerprint density at radius 3 is 2.43 bits per heavy atom. The second-order valence-corrected chi connectivity index (χ2v) is 10.6. The Morgan fingerprint density at radius 2 is 1.70 bits per heavy atom. The van der Waals surface area contributed by atoms with E-state index in [-0.39, 0.29) is 17.7 Å². The van der Waals surface area contributed by atoms with E-state index < -0.39 is 11.4 Å². The van der Waals surface area contributed by atoms with E-state index in [1.54, 1.807) is 12.3 Å². The summed E-state index contributed by atoms with van der Waals surface area (Å²) in [5.74, 6) is -0.112. The first-order valence-corrected chi connectivity index (χ1v) is 13.3. The van der Waals surface area contributed by atoms with Crippen LogP contribution >= 0.6 is 0 Å². The van der Waals surface area contributed by atoms with E-state index in [1.165, 1.54) is 24.3 Å². The topological polar surface area (TPSA) is 82.5 Å². The standard InChI is InChI=1S/C30H34FN3O3/c31-23-9-7-22(8-10-23)28(35)30(37)15-19-34(20-16-30)18-14-21-5-11-24(12-6-21)33-29(36)26-13-17-32-27-4-2-1-3-25(26)27/h1-4,7-10,13,17,21,24,37H,5-6,11-12,14-16,18-20H2,(H,33,36). The van der Waals surface area contributed by atoms with Gasteiger partial charge in [-0.15, -0.1) is 0 Å². The molecule has 1 saturated carbocycles. The summed E-state index contributed by atoms with van der Waals surface area (Å²) in [5.41, 5.74) is 0.494. The number of Topliss-reactive ketones (excluding diaryl/α,β-unsaturated/α-hetero) is 1. The maximum atomic E-state index is 13.2. The van der Waals surface area contributed by atoms with Gasteiger partial charge in [-0.05, 0) is 93.8 Å². The molecule has 2 aromatic carbocycles. The molecule has 2 aliphatic rings. The normalized spacial score (nSPS) is 22.0. The lowest BCUT2D eigenvalue weighted by molar-refractivity contribution is -0.00739. The van der Waals surface area contributed by atoms with Crippen LogP contribution in [0.25, 0.3) is 10.9 Å². The highest BCUT2D eigenvalue weighted by molar-refractivity contribution is 6.06. The van der Waals surface area contributed by atoms with Gasteiger partial charge in [0.05, 0.1) is 11.1 Å². The number of hydrogen-bond acceptors (Lipinski definition) is 5. The van der Waals surface area contributed by atoms with E-state index in [2.05, 4.69) is 15.2 Å². The van der Waals surface area contributed by atoms with Crippen molar-refractivity contribution in [2.45, 2.75) is 56.6 Å². The number of carbonyl (C=O) groups is 2. The number of piperidine rings is 1. The van der Waals surface area contributed by atoms with Crippen molar-refractivity contribution in [1.82, 2.24) is 15.2 Å². The summed E-state index contributed by atoms with van der Waals surface area (Å²) in [6.07, 6.45) is 7.69. The van der Waals surface area contributed by atoms with Crippen LogP contribution in [0, 0.1) is 11.7 Å². The minimum Gasteiger partial charge on any atom is -0.382 e. The lowest BCUT2D eigenvalue weighted by Gasteiger charge is -2.38. The highest BCUT2D eigenvalue weighted by Crippen LogP contribution is 2.30. The number of amides is 1. The molecular formula is C30H34FN3O3. The SMILES string of the molecule is O=C(NC1CCC(CCN2CCC(O)(C(=O)c3ccc(F)cc3)CC2)CC1)c1ccnc2ccccc12. The Balaban J connectivity index is 1.05. The first-order valence-electron chi connectivity index (χ1n) is 13.3. The lowest BCUT2D eigenvalue weighted by atomic mass is 9.82. The predicted molar refractivity (Wildman–Crippen MR) is 141 cm³/mol. The molecule has 0 bridgehead atoms. The number of ketones is 1. The molecule has 1 aliphatic carbocycles. The zero-order valence-electron chi connectivity index (χ0n) is 21.0.